The molecule has 1 unspecified atom stereocenters. The summed E-state index contributed by atoms with van der Waals surface area (Å²) in [5, 5.41) is 11.0. The van der Waals surface area contributed by atoms with Crippen LogP contribution < -0.4 is 4.90 Å². The summed E-state index contributed by atoms with van der Waals surface area (Å²) in [6, 6.07) is 4.48. The monoisotopic (exact) mass is 367 g/mol. The minimum absolute atomic E-state index is 0.153. The second-order valence-electron chi connectivity index (χ2n) is 6.43. The van der Waals surface area contributed by atoms with Gasteiger partial charge in [-0.05, 0) is 43.9 Å². The highest BCUT2D eigenvalue weighted by Gasteiger charge is 2.46. The second-order valence-corrected chi connectivity index (χ2v) is 7.25. The maximum atomic E-state index is 12.7. The van der Waals surface area contributed by atoms with E-state index in [0.717, 1.165) is 32.1 Å². The molecule has 1 aromatic carbocycles. The van der Waals surface area contributed by atoms with Gasteiger partial charge >= 0.3 is 0 Å². The van der Waals surface area contributed by atoms with E-state index in [2.05, 4.69) is 0 Å². The lowest BCUT2D eigenvalue weighted by Gasteiger charge is -2.35. The van der Waals surface area contributed by atoms with Gasteiger partial charge in [-0.25, -0.2) is 0 Å². The number of carbonyl (C=O) groups excluding carboxylic acids is 2. The second kappa shape index (κ2) is 6.77. The SMILES string of the molecule is CC(=O)C1=C(O)C(=O)N(c2ccc(Cl)c(Cl)c2)C1C1CCCCC1. The number of nitrogens with zero attached hydrogens (tertiary/aromatic N) is 1. The first-order valence-corrected chi connectivity index (χ1v) is 8.90. The number of aliphatic hydroxyl groups is 1. The van der Waals surface area contributed by atoms with Gasteiger partial charge < -0.3 is 5.11 Å². The lowest BCUT2D eigenvalue weighted by Crippen LogP contribution is -2.42. The van der Waals surface area contributed by atoms with Crippen LogP contribution in [0.1, 0.15) is 39.0 Å². The molecule has 24 heavy (non-hydrogen) atoms. The van der Waals surface area contributed by atoms with Crippen molar-refractivity contribution in [2.75, 3.05) is 4.90 Å². The number of amides is 1. The predicted molar refractivity (Wildman–Crippen MR) is 94.6 cm³/mol. The van der Waals surface area contributed by atoms with Crippen molar-refractivity contribution in [2.24, 2.45) is 5.92 Å². The van der Waals surface area contributed by atoms with E-state index in [4.69, 9.17) is 23.2 Å². The Morgan fingerprint density at radius 2 is 1.83 bits per heavy atom. The van der Waals surface area contributed by atoms with Gasteiger partial charge in [-0.3, -0.25) is 14.5 Å². The van der Waals surface area contributed by atoms with Crippen LogP contribution in [-0.2, 0) is 9.59 Å². The van der Waals surface area contributed by atoms with Crippen molar-refractivity contribution in [1.82, 2.24) is 0 Å². The van der Waals surface area contributed by atoms with Gasteiger partial charge in [-0.15, -0.1) is 0 Å². The van der Waals surface area contributed by atoms with Crippen LogP contribution in [-0.4, -0.2) is 22.8 Å². The fraction of sp³-hybridized carbons (Fsp3) is 0.444. The first-order chi connectivity index (χ1) is 11.4. The minimum Gasteiger partial charge on any atom is -0.503 e. The van der Waals surface area contributed by atoms with Crippen molar-refractivity contribution in [3.8, 4) is 0 Å². The molecule has 0 bridgehead atoms. The molecule has 0 saturated heterocycles. The van der Waals surface area contributed by atoms with Gasteiger partial charge in [0.15, 0.2) is 11.5 Å². The summed E-state index contributed by atoms with van der Waals surface area (Å²) in [4.78, 5) is 26.3. The number of carbonyl (C=O) groups is 2. The van der Waals surface area contributed by atoms with Crippen molar-refractivity contribution in [3.05, 3.63) is 39.6 Å². The van der Waals surface area contributed by atoms with Crippen molar-refractivity contribution < 1.29 is 14.7 Å². The molecule has 2 aliphatic rings. The van der Waals surface area contributed by atoms with Gasteiger partial charge in [0.2, 0.25) is 0 Å². The Balaban J connectivity index is 2.07. The molecule has 0 spiro atoms. The third kappa shape index (κ3) is 2.93. The van der Waals surface area contributed by atoms with Gasteiger partial charge in [0.05, 0.1) is 21.7 Å². The number of halogens is 2. The molecule has 6 heteroatoms. The lowest BCUT2D eigenvalue weighted by molar-refractivity contribution is -0.117. The number of hydrogen-bond acceptors (Lipinski definition) is 3. The van der Waals surface area contributed by atoms with E-state index in [-0.39, 0.29) is 17.3 Å². The van der Waals surface area contributed by atoms with Gasteiger partial charge in [0, 0.05) is 5.69 Å². The van der Waals surface area contributed by atoms with Crippen LogP contribution >= 0.6 is 23.2 Å². The number of anilines is 1. The normalized spacial score (nSPS) is 22.4. The molecular weight excluding hydrogens is 349 g/mol. The molecule has 3 rings (SSSR count). The molecule has 0 radical (unpaired) electrons. The molecule has 1 fully saturated rings. The number of aliphatic hydroxyl groups excluding tert-OH is 1. The zero-order chi connectivity index (χ0) is 17.4. The molecular formula is C18H19Cl2NO3. The average Bonchev–Trinajstić information content (AvgIpc) is 2.83. The molecule has 1 atom stereocenters. The molecule has 1 aliphatic heterocycles. The Kier molecular flexibility index (Phi) is 4.88. The van der Waals surface area contributed by atoms with E-state index in [1.165, 1.54) is 11.8 Å². The molecule has 1 heterocycles. The summed E-state index contributed by atoms with van der Waals surface area (Å²) >= 11 is 12.1. The first-order valence-electron chi connectivity index (χ1n) is 8.14. The molecule has 1 amide bonds. The van der Waals surface area contributed by atoms with Crippen molar-refractivity contribution in [3.63, 3.8) is 0 Å². The minimum atomic E-state index is -0.547. The molecule has 1 N–H and O–H groups in total. The topological polar surface area (TPSA) is 57.6 Å². The Labute approximate surface area is 151 Å². The summed E-state index contributed by atoms with van der Waals surface area (Å²) < 4.78 is 0. The third-order valence-corrected chi connectivity index (χ3v) is 5.65. The quantitative estimate of drug-likeness (QED) is 0.842. The summed E-state index contributed by atoms with van der Waals surface area (Å²) in [7, 11) is 0. The van der Waals surface area contributed by atoms with Gasteiger partial charge in [0.1, 0.15) is 0 Å². The van der Waals surface area contributed by atoms with E-state index in [1.807, 2.05) is 0 Å². The van der Waals surface area contributed by atoms with E-state index in [9.17, 15) is 14.7 Å². The molecule has 0 aromatic heterocycles. The largest absolute Gasteiger partial charge is 0.503 e. The Morgan fingerprint density at radius 1 is 1.17 bits per heavy atom. The summed E-state index contributed by atoms with van der Waals surface area (Å²) in [6.07, 6.45) is 5.15. The van der Waals surface area contributed by atoms with Crippen LogP contribution in [0, 0.1) is 5.92 Å². The zero-order valence-corrected chi connectivity index (χ0v) is 14.9. The number of ketones is 1. The van der Waals surface area contributed by atoms with Crippen LogP contribution in [0.4, 0.5) is 5.69 Å². The summed E-state index contributed by atoms with van der Waals surface area (Å²) in [6.45, 7) is 1.40. The van der Waals surface area contributed by atoms with Gasteiger partial charge in [0.25, 0.3) is 5.91 Å². The standard InChI is InChI=1S/C18H19Cl2NO3/c1-10(22)15-16(11-5-3-2-4-6-11)21(18(24)17(15)23)12-7-8-13(19)14(20)9-12/h7-9,11,16,23H,2-6H2,1H3. The average molecular weight is 368 g/mol. The lowest BCUT2D eigenvalue weighted by atomic mass is 9.80. The fourth-order valence-electron chi connectivity index (χ4n) is 3.81. The van der Waals surface area contributed by atoms with Crippen LogP contribution in [0.25, 0.3) is 0 Å². The smallest absolute Gasteiger partial charge is 0.294 e. The number of Topliss-reactive ketones (excluding diaryl/α,β-unsaturated/α-hetero) is 1. The Bertz CT molecular complexity index is 723. The number of benzene rings is 1. The van der Waals surface area contributed by atoms with Crippen molar-refractivity contribution in [2.45, 2.75) is 45.1 Å². The van der Waals surface area contributed by atoms with Crippen molar-refractivity contribution in [1.29, 1.82) is 0 Å². The maximum absolute atomic E-state index is 12.7. The summed E-state index contributed by atoms with van der Waals surface area (Å²) in [5.41, 5.74) is 0.769. The van der Waals surface area contributed by atoms with E-state index in [1.54, 1.807) is 18.2 Å². The van der Waals surface area contributed by atoms with Gasteiger partial charge in [-0.2, -0.15) is 0 Å². The molecule has 128 valence electrons. The molecule has 1 aliphatic carbocycles. The van der Waals surface area contributed by atoms with Crippen LogP contribution in [0.2, 0.25) is 10.0 Å². The highest BCUT2D eigenvalue weighted by atomic mass is 35.5. The Morgan fingerprint density at radius 3 is 2.42 bits per heavy atom. The maximum Gasteiger partial charge on any atom is 0.294 e. The number of hydrogen-bond donors (Lipinski definition) is 1. The number of rotatable bonds is 3. The highest BCUT2D eigenvalue weighted by molar-refractivity contribution is 6.42. The molecule has 1 aromatic rings. The first kappa shape index (κ1) is 17.3. The Hall–Kier alpha value is -1.52. The predicted octanol–water partition coefficient (Wildman–Crippen LogP) is 4.69. The molecule has 4 nitrogen and oxygen atoms in total. The third-order valence-electron chi connectivity index (χ3n) is 4.91. The van der Waals surface area contributed by atoms with Gasteiger partial charge in [-0.1, -0.05) is 42.5 Å². The fourth-order valence-corrected chi connectivity index (χ4v) is 4.10. The van der Waals surface area contributed by atoms with Crippen LogP contribution in [0.15, 0.2) is 29.5 Å². The molecule has 1 saturated carbocycles. The van der Waals surface area contributed by atoms with E-state index in [0.29, 0.717) is 15.7 Å². The van der Waals surface area contributed by atoms with Crippen LogP contribution in [0.5, 0.6) is 0 Å². The van der Waals surface area contributed by atoms with Crippen LogP contribution in [0.3, 0.4) is 0 Å². The zero-order valence-electron chi connectivity index (χ0n) is 13.4. The highest BCUT2D eigenvalue weighted by Crippen LogP contribution is 2.41. The van der Waals surface area contributed by atoms with E-state index < -0.39 is 17.7 Å². The van der Waals surface area contributed by atoms with Crippen molar-refractivity contribution >= 4 is 40.6 Å². The summed E-state index contributed by atoms with van der Waals surface area (Å²) in [5.74, 6) is -1.10. The van der Waals surface area contributed by atoms with E-state index >= 15 is 0 Å².